The quantitative estimate of drug-likeness (QED) is 0.641. The highest BCUT2D eigenvalue weighted by molar-refractivity contribution is 5.92. The Morgan fingerprint density at radius 3 is 2.74 bits per heavy atom. The Balaban J connectivity index is 2.87. The molecule has 19 heavy (non-hydrogen) atoms. The van der Waals surface area contributed by atoms with Gasteiger partial charge in [0.05, 0.1) is 5.69 Å². The smallest absolute Gasteiger partial charge is 0.508 e. The minimum Gasteiger partial charge on any atom is -0.508 e. The van der Waals surface area contributed by atoms with Gasteiger partial charge in [-0.1, -0.05) is 6.08 Å². The molecule has 0 saturated carbocycles. The van der Waals surface area contributed by atoms with E-state index in [1.165, 1.54) is 6.08 Å². The summed E-state index contributed by atoms with van der Waals surface area (Å²) < 4.78 is 40.2. The van der Waals surface area contributed by atoms with Crippen LogP contribution in [0.25, 0.3) is 0 Å². The Labute approximate surface area is 107 Å². The van der Waals surface area contributed by atoms with E-state index < -0.39 is 23.8 Å². The van der Waals surface area contributed by atoms with Gasteiger partial charge in [-0.3, -0.25) is 4.79 Å². The zero-order valence-corrected chi connectivity index (χ0v) is 9.83. The third-order valence-electron chi connectivity index (χ3n) is 2.04. The average molecular weight is 275 g/mol. The van der Waals surface area contributed by atoms with Gasteiger partial charge >= 0.3 is 6.36 Å². The fraction of sp³-hybridized carbons (Fsp3) is 0.250. The van der Waals surface area contributed by atoms with Crippen molar-refractivity contribution < 1.29 is 27.8 Å². The van der Waals surface area contributed by atoms with Gasteiger partial charge in [0.25, 0.3) is 0 Å². The molecule has 0 saturated heterocycles. The van der Waals surface area contributed by atoms with Crippen molar-refractivity contribution in [2.24, 2.45) is 0 Å². The monoisotopic (exact) mass is 275 g/mol. The minimum absolute atomic E-state index is 0.0931. The Morgan fingerprint density at radius 1 is 1.47 bits per heavy atom. The standard InChI is InChI=1S/C12H12F3NO3/c1-2-3-4-11(18)16-9-6-5-8(17)7-10(9)19-12(13,14)15/h2,5-7,17H,1,3-4H2,(H,16,18). The lowest BCUT2D eigenvalue weighted by Crippen LogP contribution is -2.19. The van der Waals surface area contributed by atoms with Gasteiger partial charge in [0, 0.05) is 12.5 Å². The van der Waals surface area contributed by atoms with Crippen molar-refractivity contribution in [1.82, 2.24) is 0 Å². The van der Waals surface area contributed by atoms with E-state index in [2.05, 4.69) is 16.6 Å². The predicted octanol–water partition coefficient (Wildman–Crippen LogP) is 3.20. The number of aromatic hydroxyl groups is 1. The number of rotatable bonds is 5. The van der Waals surface area contributed by atoms with Gasteiger partial charge in [0.15, 0.2) is 5.75 Å². The van der Waals surface area contributed by atoms with Crippen molar-refractivity contribution in [3.8, 4) is 11.5 Å². The van der Waals surface area contributed by atoms with Crippen molar-refractivity contribution in [2.45, 2.75) is 19.2 Å². The highest BCUT2D eigenvalue weighted by Gasteiger charge is 2.32. The maximum absolute atomic E-state index is 12.2. The van der Waals surface area contributed by atoms with Crippen molar-refractivity contribution in [3.05, 3.63) is 30.9 Å². The molecule has 0 aromatic heterocycles. The summed E-state index contributed by atoms with van der Waals surface area (Å²) >= 11 is 0. The number of nitrogens with one attached hydrogen (secondary N) is 1. The van der Waals surface area contributed by atoms with E-state index in [1.807, 2.05) is 0 Å². The highest BCUT2D eigenvalue weighted by Crippen LogP contribution is 2.33. The van der Waals surface area contributed by atoms with Crippen LogP contribution in [-0.4, -0.2) is 17.4 Å². The van der Waals surface area contributed by atoms with Crippen molar-refractivity contribution >= 4 is 11.6 Å². The molecule has 1 aromatic rings. The van der Waals surface area contributed by atoms with Crippen LogP contribution >= 0.6 is 0 Å². The van der Waals surface area contributed by atoms with E-state index >= 15 is 0 Å². The lowest BCUT2D eigenvalue weighted by molar-refractivity contribution is -0.274. The van der Waals surface area contributed by atoms with Gasteiger partial charge < -0.3 is 15.2 Å². The van der Waals surface area contributed by atoms with Crippen LogP contribution in [0.5, 0.6) is 11.5 Å². The van der Waals surface area contributed by atoms with Crippen LogP contribution in [0.1, 0.15) is 12.8 Å². The van der Waals surface area contributed by atoms with Crippen LogP contribution in [-0.2, 0) is 4.79 Å². The Bertz CT molecular complexity index is 472. The first-order valence-electron chi connectivity index (χ1n) is 5.31. The maximum atomic E-state index is 12.2. The van der Waals surface area contributed by atoms with Gasteiger partial charge in [-0.05, 0) is 18.6 Å². The van der Waals surface area contributed by atoms with Crippen molar-refractivity contribution in [3.63, 3.8) is 0 Å². The van der Waals surface area contributed by atoms with Crippen molar-refractivity contribution in [2.75, 3.05) is 5.32 Å². The van der Waals surface area contributed by atoms with E-state index in [4.69, 9.17) is 5.11 Å². The van der Waals surface area contributed by atoms with E-state index in [-0.39, 0.29) is 12.1 Å². The first-order chi connectivity index (χ1) is 8.81. The molecule has 7 heteroatoms. The minimum atomic E-state index is -4.91. The Kier molecular flexibility index (Phi) is 4.80. The third kappa shape index (κ3) is 5.33. The summed E-state index contributed by atoms with van der Waals surface area (Å²) in [5, 5.41) is 11.4. The fourth-order valence-electron chi connectivity index (χ4n) is 1.27. The molecule has 4 nitrogen and oxygen atoms in total. The van der Waals surface area contributed by atoms with Crippen LogP contribution < -0.4 is 10.1 Å². The van der Waals surface area contributed by atoms with Gasteiger partial charge in [-0.2, -0.15) is 0 Å². The van der Waals surface area contributed by atoms with Gasteiger partial charge in [-0.15, -0.1) is 19.8 Å². The molecule has 0 aliphatic heterocycles. The number of allylic oxidation sites excluding steroid dienone is 1. The number of hydrogen-bond donors (Lipinski definition) is 2. The van der Waals surface area contributed by atoms with Crippen LogP contribution in [0, 0.1) is 0 Å². The molecule has 0 radical (unpaired) electrons. The molecule has 104 valence electrons. The second-order valence-electron chi connectivity index (χ2n) is 3.60. The van der Waals surface area contributed by atoms with Crippen LogP contribution in [0.15, 0.2) is 30.9 Å². The molecule has 0 aliphatic rings. The first kappa shape index (κ1) is 14.9. The van der Waals surface area contributed by atoms with Crippen LogP contribution in [0.4, 0.5) is 18.9 Å². The molecular formula is C12H12F3NO3. The molecule has 1 amide bonds. The fourth-order valence-corrected chi connectivity index (χ4v) is 1.27. The molecule has 0 spiro atoms. The number of phenols is 1. The topological polar surface area (TPSA) is 58.6 Å². The molecule has 0 aliphatic carbocycles. The normalized spacial score (nSPS) is 10.9. The second-order valence-corrected chi connectivity index (χ2v) is 3.60. The summed E-state index contributed by atoms with van der Waals surface area (Å²) in [6, 6.07) is 3.05. The number of anilines is 1. The van der Waals surface area contributed by atoms with E-state index in [0.29, 0.717) is 6.42 Å². The summed E-state index contributed by atoms with van der Waals surface area (Å²) in [5.41, 5.74) is -0.163. The zero-order valence-electron chi connectivity index (χ0n) is 9.83. The number of carbonyl (C=O) groups is 1. The van der Waals surface area contributed by atoms with Gasteiger partial charge in [-0.25, -0.2) is 0 Å². The molecule has 1 aromatic carbocycles. The molecular weight excluding hydrogens is 263 g/mol. The summed E-state index contributed by atoms with van der Waals surface area (Å²) in [4.78, 5) is 11.4. The number of amides is 1. The summed E-state index contributed by atoms with van der Waals surface area (Å²) in [6.45, 7) is 3.43. The third-order valence-corrected chi connectivity index (χ3v) is 2.04. The van der Waals surface area contributed by atoms with Crippen LogP contribution in [0.2, 0.25) is 0 Å². The molecule has 1 rings (SSSR count). The number of benzene rings is 1. The Morgan fingerprint density at radius 2 is 2.16 bits per heavy atom. The van der Waals surface area contributed by atoms with E-state index in [9.17, 15) is 18.0 Å². The number of alkyl halides is 3. The SMILES string of the molecule is C=CCCC(=O)Nc1ccc(O)cc1OC(F)(F)F. The molecule has 0 unspecified atom stereocenters. The first-order valence-corrected chi connectivity index (χ1v) is 5.31. The summed E-state index contributed by atoms with van der Waals surface area (Å²) in [5.74, 6) is -1.54. The molecule has 0 bridgehead atoms. The number of hydrogen-bond acceptors (Lipinski definition) is 3. The molecule has 0 fully saturated rings. The lowest BCUT2D eigenvalue weighted by Gasteiger charge is -2.14. The van der Waals surface area contributed by atoms with Crippen molar-refractivity contribution in [1.29, 1.82) is 0 Å². The predicted molar refractivity (Wildman–Crippen MR) is 62.9 cm³/mol. The molecule has 0 heterocycles. The van der Waals surface area contributed by atoms with Crippen LogP contribution in [0.3, 0.4) is 0 Å². The molecule has 2 N–H and O–H groups in total. The van der Waals surface area contributed by atoms with E-state index in [1.54, 1.807) is 0 Å². The summed E-state index contributed by atoms with van der Waals surface area (Å²) in [7, 11) is 0. The number of phenolic OH excluding ortho intramolecular Hbond substituents is 1. The maximum Gasteiger partial charge on any atom is 0.573 e. The largest absolute Gasteiger partial charge is 0.573 e. The summed E-state index contributed by atoms with van der Waals surface area (Å²) in [6.07, 6.45) is -2.90. The van der Waals surface area contributed by atoms with E-state index in [0.717, 1.165) is 18.2 Å². The van der Waals surface area contributed by atoms with Gasteiger partial charge in [0.2, 0.25) is 5.91 Å². The van der Waals surface area contributed by atoms with Gasteiger partial charge in [0.1, 0.15) is 5.75 Å². The lowest BCUT2D eigenvalue weighted by atomic mass is 10.2. The second kappa shape index (κ2) is 6.12. The highest BCUT2D eigenvalue weighted by atomic mass is 19.4. The molecule has 0 atom stereocenters. The number of ether oxygens (including phenoxy) is 1. The number of carbonyl (C=O) groups excluding carboxylic acids is 1. The Hall–Kier alpha value is -2.18. The average Bonchev–Trinajstić information content (AvgIpc) is 2.28. The number of halogens is 3. The zero-order chi connectivity index (χ0) is 14.5.